The van der Waals surface area contributed by atoms with Crippen LogP contribution in [0.1, 0.15) is 43.6 Å². The fraction of sp³-hybridized carbons (Fsp3) is 0.545. The van der Waals surface area contributed by atoms with E-state index in [0.29, 0.717) is 19.8 Å². The van der Waals surface area contributed by atoms with E-state index in [9.17, 15) is 0 Å². The normalized spacial score (nSPS) is 18.2. The summed E-state index contributed by atoms with van der Waals surface area (Å²) in [5.41, 5.74) is 3.34. The first-order valence-electron chi connectivity index (χ1n) is 10.1. The molecule has 29 heavy (non-hydrogen) atoms. The molecule has 2 heterocycles. The molecule has 3 rings (SSSR count). The van der Waals surface area contributed by atoms with Crippen molar-refractivity contribution in [3.8, 4) is 0 Å². The number of nitrogens with zero attached hydrogens (tertiary/aromatic N) is 4. The highest BCUT2D eigenvalue weighted by atomic mass is 16.5. The lowest BCUT2D eigenvalue weighted by atomic mass is 10.1. The Labute approximate surface area is 173 Å². The lowest BCUT2D eigenvalue weighted by Crippen LogP contribution is -2.47. The van der Waals surface area contributed by atoms with Crippen LogP contribution in [0, 0.1) is 0 Å². The van der Waals surface area contributed by atoms with E-state index in [2.05, 4.69) is 65.3 Å². The molecule has 2 aromatic rings. The summed E-state index contributed by atoms with van der Waals surface area (Å²) in [6, 6.07) is 8.49. The molecule has 0 radical (unpaired) electrons. The third-order valence-electron chi connectivity index (χ3n) is 4.79. The molecule has 0 spiro atoms. The maximum atomic E-state index is 5.94. The number of morpholine rings is 1. The van der Waals surface area contributed by atoms with Gasteiger partial charge in [-0.05, 0) is 31.9 Å². The minimum Gasteiger partial charge on any atom is -0.371 e. The van der Waals surface area contributed by atoms with Gasteiger partial charge in [-0.1, -0.05) is 24.3 Å². The fourth-order valence-electron chi connectivity index (χ4n) is 3.29. The molecule has 1 saturated heterocycles. The minimum atomic E-state index is -0.141. The SMILES string of the molecule is CN=C(NCc1cccc(COC(C)(C)C)c1)N1CCOC(c2cnn(C)c2)C1. The molecule has 1 aliphatic heterocycles. The lowest BCUT2D eigenvalue weighted by molar-refractivity contribution is -0.0149. The van der Waals surface area contributed by atoms with E-state index in [-0.39, 0.29) is 11.7 Å². The maximum absolute atomic E-state index is 5.94. The van der Waals surface area contributed by atoms with Crippen LogP contribution in [-0.2, 0) is 29.7 Å². The predicted octanol–water partition coefficient (Wildman–Crippen LogP) is 2.88. The third-order valence-corrected chi connectivity index (χ3v) is 4.79. The van der Waals surface area contributed by atoms with Crippen LogP contribution >= 0.6 is 0 Å². The quantitative estimate of drug-likeness (QED) is 0.619. The van der Waals surface area contributed by atoms with Crippen LogP contribution in [0.5, 0.6) is 0 Å². The summed E-state index contributed by atoms with van der Waals surface area (Å²) in [4.78, 5) is 6.73. The molecule has 1 fully saturated rings. The molecule has 7 heteroatoms. The Kier molecular flexibility index (Phi) is 6.92. The number of hydrogen-bond acceptors (Lipinski definition) is 4. The van der Waals surface area contributed by atoms with Crippen molar-refractivity contribution in [1.29, 1.82) is 0 Å². The highest BCUT2D eigenvalue weighted by molar-refractivity contribution is 5.80. The molecule has 1 aromatic carbocycles. The van der Waals surface area contributed by atoms with Crippen molar-refractivity contribution in [2.24, 2.45) is 12.0 Å². The molecule has 158 valence electrons. The van der Waals surface area contributed by atoms with Crippen molar-refractivity contribution < 1.29 is 9.47 Å². The van der Waals surface area contributed by atoms with Gasteiger partial charge in [-0.2, -0.15) is 5.10 Å². The van der Waals surface area contributed by atoms with Gasteiger partial charge >= 0.3 is 0 Å². The van der Waals surface area contributed by atoms with Gasteiger partial charge in [0.25, 0.3) is 0 Å². The Hall–Kier alpha value is -2.38. The molecule has 1 atom stereocenters. The Morgan fingerprint density at radius 3 is 2.83 bits per heavy atom. The smallest absolute Gasteiger partial charge is 0.194 e. The van der Waals surface area contributed by atoms with E-state index in [1.807, 2.05) is 26.5 Å². The molecule has 0 bridgehead atoms. The molecular weight excluding hydrogens is 366 g/mol. The van der Waals surface area contributed by atoms with Crippen LogP contribution in [0.25, 0.3) is 0 Å². The molecular formula is C22H33N5O2. The Morgan fingerprint density at radius 2 is 2.14 bits per heavy atom. The van der Waals surface area contributed by atoms with Crippen LogP contribution in [0.2, 0.25) is 0 Å². The standard InChI is InChI=1S/C22H33N5O2/c1-22(2,3)29-16-18-8-6-7-17(11-18)12-24-21(23-4)27-9-10-28-20(15-27)19-13-25-26(5)14-19/h6-8,11,13-14,20H,9-10,12,15-16H2,1-5H3,(H,23,24). The minimum absolute atomic E-state index is 0.00822. The zero-order chi connectivity index (χ0) is 20.9. The van der Waals surface area contributed by atoms with Crippen LogP contribution in [0.15, 0.2) is 41.7 Å². The average molecular weight is 400 g/mol. The Balaban J connectivity index is 1.57. The van der Waals surface area contributed by atoms with Crippen LogP contribution in [0.4, 0.5) is 0 Å². The Bertz CT molecular complexity index is 825. The van der Waals surface area contributed by atoms with Crippen molar-refractivity contribution in [2.45, 2.75) is 45.6 Å². The first kappa shape index (κ1) is 21.3. The van der Waals surface area contributed by atoms with Gasteiger partial charge in [0.2, 0.25) is 0 Å². The third kappa shape index (κ3) is 6.30. The average Bonchev–Trinajstić information content (AvgIpc) is 3.13. The molecule has 0 amide bonds. The van der Waals surface area contributed by atoms with E-state index in [1.165, 1.54) is 11.1 Å². The second-order valence-corrected chi connectivity index (χ2v) is 8.37. The van der Waals surface area contributed by atoms with Crippen LogP contribution in [0.3, 0.4) is 0 Å². The van der Waals surface area contributed by atoms with Gasteiger partial charge < -0.3 is 19.7 Å². The van der Waals surface area contributed by atoms with Gasteiger partial charge in [0.15, 0.2) is 5.96 Å². The summed E-state index contributed by atoms with van der Waals surface area (Å²) in [6.07, 6.45) is 3.89. The van der Waals surface area contributed by atoms with Crippen LogP contribution < -0.4 is 5.32 Å². The summed E-state index contributed by atoms with van der Waals surface area (Å²) in [5, 5.41) is 7.75. The summed E-state index contributed by atoms with van der Waals surface area (Å²) in [6.45, 7) is 9.78. The summed E-state index contributed by atoms with van der Waals surface area (Å²) in [5.74, 6) is 0.888. The zero-order valence-corrected chi connectivity index (χ0v) is 18.2. The van der Waals surface area contributed by atoms with Crippen molar-refractivity contribution >= 4 is 5.96 Å². The first-order valence-corrected chi connectivity index (χ1v) is 10.1. The summed E-state index contributed by atoms with van der Waals surface area (Å²) < 4.78 is 13.6. The number of ether oxygens (including phenoxy) is 2. The molecule has 1 aromatic heterocycles. The Morgan fingerprint density at radius 1 is 1.34 bits per heavy atom. The molecule has 7 nitrogen and oxygen atoms in total. The molecule has 1 unspecified atom stereocenters. The van der Waals surface area contributed by atoms with Crippen molar-refractivity contribution in [2.75, 3.05) is 26.7 Å². The van der Waals surface area contributed by atoms with Crippen molar-refractivity contribution in [1.82, 2.24) is 20.0 Å². The summed E-state index contributed by atoms with van der Waals surface area (Å²) in [7, 11) is 3.75. The van der Waals surface area contributed by atoms with E-state index in [1.54, 1.807) is 4.68 Å². The predicted molar refractivity (Wildman–Crippen MR) is 115 cm³/mol. The molecule has 1 N–H and O–H groups in total. The van der Waals surface area contributed by atoms with Gasteiger partial charge in [-0.15, -0.1) is 0 Å². The maximum Gasteiger partial charge on any atom is 0.194 e. The van der Waals surface area contributed by atoms with E-state index in [0.717, 1.165) is 24.6 Å². The number of benzene rings is 1. The monoisotopic (exact) mass is 399 g/mol. The molecule has 0 aliphatic carbocycles. The van der Waals surface area contributed by atoms with Gasteiger partial charge in [-0.3, -0.25) is 9.67 Å². The van der Waals surface area contributed by atoms with E-state index >= 15 is 0 Å². The topological polar surface area (TPSA) is 63.9 Å². The molecule has 0 saturated carbocycles. The number of guanidine groups is 1. The number of aryl methyl sites for hydroxylation is 1. The number of aromatic nitrogens is 2. The van der Waals surface area contributed by atoms with Gasteiger partial charge in [0.1, 0.15) is 6.10 Å². The largest absolute Gasteiger partial charge is 0.371 e. The van der Waals surface area contributed by atoms with E-state index in [4.69, 9.17) is 9.47 Å². The second-order valence-electron chi connectivity index (χ2n) is 8.37. The number of aliphatic imine (C=N–C) groups is 1. The zero-order valence-electron chi connectivity index (χ0n) is 18.2. The van der Waals surface area contributed by atoms with Crippen LogP contribution in [-0.4, -0.2) is 53.0 Å². The van der Waals surface area contributed by atoms with Gasteiger partial charge in [-0.25, -0.2) is 0 Å². The van der Waals surface area contributed by atoms with Crippen molar-refractivity contribution in [3.05, 3.63) is 53.3 Å². The second kappa shape index (κ2) is 9.41. The summed E-state index contributed by atoms with van der Waals surface area (Å²) >= 11 is 0. The molecule has 1 aliphatic rings. The number of nitrogens with one attached hydrogen (secondary N) is 1. The van der Waals surface area contributed by atoms with Crippen molar-refractivity contribution in [3.63, 3.8) is 0 Å². The number of rotatable bonds is 5. The highest BCUT2D eigenvalue weighted by Crippen LogP contribution is 2.21. The van der Waals surface area contributed by atoms with Gasteiger partial charge in [0, 0.05) is 38.9 Å². The fourth-order valence-corrected chi connectivity index (χ4v) is 3.29. The number of hydrogen-bond donors (Lipinski definition) is 1. The first-order chi connectivity index (χ1) is 13.8. The lowest BCUT2D eigenvalue weighted by Gasteiger charge is -2.34. The van der Waals surface area contributed by atoms with Gasteiger partial charge in [0.05, 0.1) is 31.6 Å². The van der Waals surface area contributed by atoms with E-state index < -0.39 is 0 Å². The highest BCUT2D eigenvalue weighted by Gasteiger charge is 2.25.